The zero-order valence-electron chi connectivity index (χ0n) is 15.5. The maximum atomic E-state index is 12.8. The van der Waals surface area contributed by atoms with E-state index in [1.165, 1.54) is 4.31 Å². The number of nitrogens with zero attached hydrogens (tertiary/aromatic N) is 3. The summed E-state index contributed by atoms with van der Waals surface area (Å²) in [6.07, 6.45) is 4.40. The first-order valence-corrected chi connectivity index (χ1v) is 10.7. The number of nitrogens with one attached hydrogen (secondary N) is 2. The van der Waals surface area contributed by atoms with Gasteiger partial charge in [-0.1, -0.05) is 0 Å². The number of hydrogen-bond acceptors (Lipinski definition) is 5. The van der Waals surface area contributed by atoms with Crippen molar-refractivity contribution in [2.45, 2.75) is 12.3 Å². The van der Waals surface area contributed by atoms with Crippen molar-refractivity contribution in [1.29, 1.82) is 0 Å². The Kier molecular flexibility index (Phi) is 5.97. The number of hydrogen-bond donors (Lipinski definition) is 2. The highest BCUT2D eigenvalue weighted by atomic mass is 35.5. The first-order chi connectivity index (χ1) is 12.9. The van der Waals surface area contributed by atoms with Crippen LogP contribution in [0.3, 0.4) is 0 Å². The first-order valence-electron chi connectivity index (χ1n) is 9.05. The zero-order chi connectivity index (χ0) is 19.0. The molecule has 152 valence electrons. The van der Waals surface area contributed by atoms with Gasteiger partial charge in [0.05, 0.1) is 23.6 Å². The Labute approximate surface area is 170 Å². The average molecular weight is 426 g/mol. The van der Waals surface area contributed by atoms with E-state index >= 15 is 0 Å². The van der Waals surface area contributed by atoms with Crippen LogP contribution in [0.2, 0.25) is 0 Å². The van der Waals surface area contributed by atoms with Crippen LogP contribution in [-0.2, 0) is 21.9 Å². The SMILES string of the molecule is Cl.Cn1cc([C@H]2CNC[C@@H]2C(=O)Nc2ccc(N3CCCS3(=O)=O)cc2)cn1. The Bertz CT molecular complexity index is 944. The summed E-state index contributed by atoms with van der Waals surface area (Å²) >= 11 is 0. The second-order valence-corrected chi connectivity index (χ2v) is 9.11. The number of halogens is 1. The van der Waals surface area contributed by atoms with Gasteiger partial charge in [0.25, 0.3) is 0 Å². The molecular weight excluding hydrogens is 402 g/mol. The molecule has 0 saturated carbocycles. The number of rotatable bonds is 4. The summed E-state index contributed by atoms with van der Waals surface area (Å²) in [6.45, 7) is 1.87. The lowest BCUT2D eigenvalue weighted by Gasteiger charge is -2.19. The number of carbonyl (C=O) groups excluding carboxylic acids is 1. The maximum Gasteiger partial charge on any atom is 0.235 e. The van der Waals surface area contributed by atoms with Gasteiger partial charge in [0.15, 0.2) is 0 Å². The van der Waals surface area contributed by atoms with Crippen LogP contribution in [0.1, 0.15) is 17.9 Å². The van der Waals surface area contributed by atoms with Crippen molar-refractivity contribution in [1.82, 2.24) is 15.1 Å². The van der Waals surface area contributed by atoms with Crippen molar-refractivity contribution in [3.05, 3.63) is 42.2 Å². The second-order valence-electron chi connectivity index (χ2n) is 7.10. The van der Waals surface area contributed by atoms with Crippen LogP contribution in [0.25, 0.3) is 0 Å². The van der Waals surface area contributed by atoms with E-state index in [2.05, 4.69) is 15.7 Å². The maximum absolute atomic E-state index is 12.8. The van der Waals surface area contributed by atoms with Gasteiger partial charge < -0.3 is 10.6 Å². The van der Waals surface area contributed by atoms with Crippen LogP contribution >= 0.6 is 12.4 Å². The molecule has 3 heterocycles. The molecule has 0 spiro atoms. The van der Waals surface area contributed by atoms with Crippen molar-refractivity contribution >= 4 is 39.7 Å². The molecule has 2 aliphatic heterocycles. The number of aromatic nitrogens is 2. The fraction of sp³-hybridized carbons (Fsp3) is 0.444. The molecule has 28 heavy (non-hydrogen) atoms. The number of amides is 1. The number of aryl methyl sites for hydroxylation is 1. The monoisotopic (exact) mass is 425 g/mol. The minimum absolute atomic E-state index is 0. The minimum Gasteiger partial charge on any atom is -0.326 e. The molecule has 0 unspecified atom stereocenters. The first kappa shape index (κ1) is 20.6. The summed E-state index contributed by atoms with van der Waals surface area (Å²) in [5.74, 6) is 0.0616. The normalized spacial score (nSPS) is 23.4. The van der Waals surface area contributed by atoms with Gasteiger partial charge in [-0.3, -0.25) is 13.8 Å². The Morgan fingerprint density at radius 2 is 2.00 bits per heavy atom. The van der Waals surface area contributed by atoms with E-state index in [1.807, 2.05) is 19.4 Å². The molecule has 2 aliphatic rings. The highest BCUT2D eigenvalue weighted by molar-refractivity contribution is 7.93. The molecule has 4 rings (SSSR count). The molecule has 0 bridgehead atoms. The molecule has 1 aromatic heterocycles. The van der Waals surface area contributed by atoms with Gasteiger partial charge in [0.1, 0.15) is 0 Å². The highest BCUT2D eigenvalue weighted by Gasteiger charge is 2.35. The third kappa shape index (κ3) is 4.01. The quantitative estimate of drug-likeness (QED) is 0.770. The molecule has 2 atom stereocenters. The molecule has 2 N–H and O–H groups in total. The van der Waals surface area contributed by atoms with E-state index < -0.39 is 10.0 Å². The van der Waals surface area contributed by atoms with E-state index in [1.54, 1.807) is 28.9 Å². The van der Waals surface area contributed by atoms with Crippen LogP contribution in [0.15, 0.2) is 36.7 Å². The van der Waals surface area contributed by atoms with Gasteiger partial charge >= 0.3 is 0 Å². The lowest BCUT2D eigenvalue weighted by molar-refractivity contribution is -0.119. The highest BCUT2D eigenvalue weighted by Crippen LogP contribution is 2.30. The van der Waals surface area contributed by atoms with Crippen molar-refractivity contribution in [3.63, 3.8) is 0 Å². The van der Waals surface area contributed by atoms with E-state index in [0.29, 0.717) is 30.9 Å². The van der Waals surface area contributed by atoms with Crippen LogP contribution in [0.5, 0.6) is 0 Å². The van der Waals surface area contributed by atoms with Crippen molar-refractivity contribution in [3.8, 4) is 0 Å². The molecular formula is C18H24ClN5O3S. The van der Waals surface area contributed by atoms with E-state index in [9.17, 15) is 13.2 Å². The summed E-state index contributed by atoms with van der Waals surface area (Å²) in [5, 5.41) is 10.4. The molecule has 2 aromatic rings. The number of benzene rings is 1. The van der Waals surface area contributed by atoms with Crippen LogP contribution in [0, 0.1) is 5.92 Å². The standard InChI is InChI=1S/C18H23N5O3S.ClH/c1-22-12-13(9-20-22)16-10-19-11-17(16)18(24)21-14-3-5-15(6-4-14)23-7-2-8-27(23,25)26;/h3-6,9,12,16-17,19H,2,7-8,10-11H2,1H3,(H,21,24);1H/t16-,17+;/m1./s1. The summed E-state index contributed by atoms with van der Waals surface area (Å²) in [6, 6.07) is 6.99. The van der Waals surface area contributed by atoms with Gasteiger partial charge in [-0.25, -0.2) is 8.42 Å². The van der Waals surface area contributed by atoms with Crippen molar-refractivity contribution in [2.75, 3.05) is 35.0 Å². The topological polar surface area (TPSA) is 96.3 Å². The summed E-state index contributed by atoms with van der Waals surface area (Å²) in [7, 11) is -1.33. The van der Waals surface area contributed by atoms with Gasteiger partial charge in [-0.2, -0.15) is 5.10 Å². The number of carbonyl (C=O) groups is 1. The third-order valence-corrected chi connectivity index (χ3v) is 7.10. The smallest absolute Gasteiger partial charge is 0.235 e. The van der Waals surface area contributed by atoms with E-state index in [4.69, 9.17) is 0 Å². The number of anilines is 2. The molecule has 2 fully saturated rings. The number of sulfonamides is 1. The van der Waals surface area contributed by atoms with Crippen molar-refractivity contribution in [2.24, 2.45) is 13.0 Å². The van der Waals surface area contributed by atoms with Gasteiger partial charge in [-0.15, -0.1) is 12.4 Å². The lowest BCUT2D eigenvalue weighted by atomic mass is 9.90. The summed E-state index contributed by atoms with van der Waals surface area (Å²) in [5.41, 5.74) is 2.36. The Morgan fingerprint density at radius 3 is 2.61 bits per heavy atom. The average Bonchev–Trinajstić information content (AvgIpc) is 3.34. The predicted molar refractivity (Wildman–Crippen MR) is 110 cm³/mol. The molecule has 2 saturated heterocycles. The second kappa shape index (κ2) is 8.10. The van der Waals surface area contributed by atoms with Gasteiger partial charge in [0, 0.05) is 44.5 Å². The lowest BCUT2D eigenvalue weighted by Crippen LogP contribution is -2.28. The minimum atomic E-state index is -3.20. The van der Waals surface area contributed by atoms with E-state index in [-0.39, 0.29) is 35.9 Å². The fourth-order valence-electron chi connectivity index (χ4n) is 3.81. The Morgan fingerprint density at radius 1 is 1.25 bits per heavy atom. The molecule has 10 heteroatoms. The molecule has 0 aliphatic carbocycles. The fourth-order valence-corrected chi connectivity index (χ4v) is 5.38. The predicted octanol–water partition coefficient (Wildman–Crippen LogP) is 1.32. The van der Waals surface area contributed by atoms with Crippen molar-refractivity contribution < 1.29 is 13.2 Å². The zero-order valence-corrected chi connectivity index (χ0v) is 17.2. The third-order valence-electron chi connectivity index (χ3n) is 5.23. The van der Waals surface area contributed by atoms with E-state index in [0.717, 1.165) is 12.1 Å². The summed E-state index contributed by atoms with van der Waals surface area (Å²) in [4.78, 5) is 12.8. The molecule has 1 amide bonds. The molecule has 1 aromatic carbocycles. The Balaban J connectivity index is 0.00000225. The van der Waals surface area contributed by atoms with Crippen LogP contribution < -0.4 is 14.9 Å². The van der Waals surface area contributed by atoms with Crippen LogP contribution in [0.4, 0.5) is 11.4 Å². The van der Waals surface area contributed by atoms with Gasteiger partial charge in [0.2, 0.25) is 15.9 Å². The van der Waals surface area contributed by atoms with Gasteiger partial charge in [-0.05, 0) is 36.2 Å². The summed E-state index contributed by atoms with van der Waals surface area (Å²) < 4.78 is 27.2. The Hall–Kier alpha value is -2.10. The van der Waals surface area contributed by atoms with Crippen LogP contribution in [-0.4, -0.2) is 49.5 Å². The molecule has 0 radical (unpaired) electrons. The molecule has 8 nitrogen and oxygen atoms in total. The largest absolute Gasteiger partial charge is 0.326 e.